The molecule has 10 heteroatoms. The van der Waals surface area contributed by atoms with E-state index in [1.165, 1.54) is 283 Å². The van der Waals surface area contributed by atoms with Crippen molar-refractivity contribution in [3.63, 3.8) is 0 Å². The number of allylic oxidation sites excluding steroid dienone is 6. The molecule has 0 bridgehead atoms. The molecule has 0 spiro atoms. The molecule has 0 saturated carbocycles. The van der Waals surface area contributed by atoms with Crippen molar-refractivity contribution >= 4 is 19.8 Å². The normalized spacial score (nSPS) is 13.3. The number of phosphoric acid groups is 1. The summed E-state index contributed by atoms with van der Waals surface area (Å²) >= 11 is 0. The second-order valence-electron chi connectivity index (χ2n) is 25.6. The van der Waals surface area contributed by atoms with E-state index in [0.29, 0.717) is 23.9 Å². The van der Waals surface area contributed by atoms with Gasteiger partial charge in [-0.2, -0.15) is 0 Å². The van der Waals surface area contributed by atoms with Gasteiger partial charge in [-0.1, -0.05) is 333 Å². The van der Waals surface area contributed by atoms with E-state index in [0.717, 1.165) is 44.9 Å². The number of likely N-dealkylation sites (N-methyl/N-ethyl adjacent to an activating group) is 1. The summed E-state index contributed by atoms with van der Waals surface area (Å²) in [7, 11) is 1.50. The highest BCUT2D eigenvalue weighted by molar-refractivity contribution is 7.47. The van der Waals surface area contributed by atoms with Crippen molar-refractivity contribution in [3.8, 4) is 0 Å². The van der Waals surface area contributed by atoms with E-state index in [1.54, 1.807) is 0 Å². The maximum atomic E-state index is 12.9. The number of phosphoric ester groups is 1. The zero-order chi connectivity index (χ0) is 59.8. The Kier molecular flexibility index (Phi) is 62.3. The number of ether oxygens (including phenoxy) is 2. The molecule has 82 heavy (non-hydrogen) atoms. The Balaban J connectivity index is 3.99. The Labute approximate surface area is 510 Å². The van der Waals surface area contributed by atoms with Gasteiger partial charge in [0.05, 0.1) is 27.7 Å². The van der Waals surface area contributed by atoms with Gasteiger partial charge in [-0.25, -0.2) is 4.57 Å². The van der Waals surface area contributed by atoms with Crippen LogP contribution in [0.15, 0.2) is 36.5 Å². The van der Waals surface area contributed by atoms with Gasteiger partial charge in [0, 0.05) is 12.8 Å². The van der Waals surface area contributed by atoms with Crippen molar-refractivity contribution < 1.29 is 42.1 Å². The van der Waals surface area contributed by atoms with Crippen LogP contribution in [0.3, 0.4) is 0 Å². The first-order valence-corrected chi connectivity index (χ1v) is 37.2. The molecule has 0 heterocycles. The van der Waals surface area contributed by atoms with E-state index in [4.69, 9.17) is 18.5 Å². The fraction of sp³-hybridized carbons (Fsp3) is 0.889. The quantitative estimate of drug-likeness (QED) is 0.0211. The summed E-state index contributed by atoms with van der Waals surface area (Å²) in [5.41, 5.74) is 0. The van der Waals surface area contributed by atoms with E-state index in [-0.39, 0.29) is 25.6 Å². The van der Waals surface area contributed by atoms with Crippen molar-refractivity contribution in [1.29, 1.82) is 0 Å². The number of quaternary nitrogens is 1. The van der Waals surface area contributed by atoms with E-state index in [2.05, 4.69) is 50.3 Å². The number of hydrogen-bond donors (Lipinski definition) is 1. The molecule has 0 aromatic heterocycles. The van der Waals surface area contributed by atoms with Gasteiger partial charge in [-0.05, 0) is 51.4 Å². The fourth-order valence-electron chi connectivity index (χ4n) is 10.7. The predicted molar refractivity (Wildman–Crippen MR) is 354 cm³/mol. The van der Waals surface area contributed by atoms with Gasteiger partial charge < -0.3 is 18.9 Å². The lowest BCUT2D eigenvalue weighted by atomic mass is 10.0. The van der Waals surface area contributed by atoms with Crippen LogP contribution in [0.2, 0.25) is 0 Å². The van der Waals surface area contributed by atoms with Crippen LogP contribution in [0.1, 0.15) is 361 Å². The number of nitrogens with zero attached hydrogens (tertiary/aromatic N) is 1. The number of rotatable bonds is 67. The molecular weight excluding hydrogens is 1040 g/mol. The molecule has 484 valence electrons. The van der Waals surface area contributed by atoms with Crippen LogP contribution >= 0.6 is 7.82 Å². The van der Waals surface area contributed by atoms with Gasteiger partial charge in [0.15, 0.2) is 6.10 Å². The highest BCUT2D eigenvalue weighted by Crippen LogP contribution is 2.43. The van der Waals surface area contributed by atoms with Crippen LogP contribution in [0.4, 0.5) is 0 Å². The average molecular weight is 1180 g/mol. The molecule has 1 N–H and O–H groups in total. The molecule has 0 aliphatic rings. The van der Waals surface area contributed by atoms with E-state index in [9.17, 15) is 19.0 Å². The topological polar surface area (TPSA) is 108 Å². The zero-order valence-corrected chi connectivity index (χ0v) is 56.1. The Morgan fingerprint density at radius 1 is 0.378 bits per heavy atom. The summed E-state index contributed by atoms with van der Waals surface area (Å²) in [6.45, 7) is 4.50. The Morgan fingerprint density at radius 3 is 0.976 bits per heavy atom. The summed E-state index contributed by atoms with van der Waals surface area (Å²) < 4.78 is 34.8. The molecule has 0 aliphatic carbocycles. The summed E-state index contributed by atoms with van der Waals surface area (Å²) in [6, 6.07) is 0. The Morgan fingerprint density at radius 2 is 0.659 bits per heavy atom. The molecule has 9 nitrogen and oxygen atoms in total. The van der Waals surface area contributed by atoms with Crippen LogP contribution < -0.4 is 0 Å². The van der Waals surface area contributed by atoms with Crippen molar-refractivity contribution in [2.75, 3.05) is 47.5 Å². The van der Waals surface area contributed by atoms with E-state index < -0.39 is 26.5 Å². The lowest BCUT2D eigenvalue weighted by Crippen LogP contribution is -2.37. The molecule has 0 aromatic carbocycles. The molecule has 0 aliphatic heterocycles. The first kappa shape index (κ1) is 80.2. The van der Waals surface area contributed by atoms with Gasteiger partial charge in [-0.15, -0.1) is 0 Å². The van der Waals surface area contributed by atoms with Crippen molar-refractivity contribution in [1.82, 2.24) is 0 Å². The van der Waals surface area contributed by atoms with Crippen LogP contribution in [0, 0.1) is 0 Å². The van der Waals surface area contributed by atoms with Crippen molar-refractivity contribution in [3.05, 3.63) is 36.5 Å². The maximum Gasteiger partial charge on any atom is 0.472 e. The summed E-state index contributed by atoms with van der Waals surface area (Å²) in [5.74, 6) is -0.774. The van der Waals surface area contributed by atoms with E-state index >= 15 is 0 Å². The highest BCUT2D eigenvalue weighted by atomic mass is 31.2. The van der Waals surface area contributed by atoms with Gasteiger partial charge in [0.2, 0.25) is 0 Å². The summed E-state index contributed by atoms with van der Waals surface area (Å²) in [6.07, 6.45) is 81.1. The average Bonchev–Trinajstić information content (AvgIpc) is 3.46. The smallest absolute Gasteiger partial charge is 0.462 e. The zero-order valence-electron chi connectivity index (χ0n) is 55.3. The highest BCUT2D eigenvalue weighted by Gasteiger charge is 2.27. The van der Waals surface area contributed by atoms with Gasteiger partial charge in [0.25, 0.3) is 0 Å². The summed E-state index contributed by atoms with van der Waals surface area (Å²) in [5, 5.41) is 0. The molecule has 2 unspecified atom stereocenters. The second-order valence-corrected chi connectivity index (χ2v) is 27.1. The molecule has 0 saturated heterocycles. The monoisotopic (exact) mass is 1180 g/mol. The number of hydrogen-bond acceptors (Lipinski definition) is 7. The number of carbonyl (C=O) groups excluding carboxylic acids is 2. The third-order valence-electron chi connectivity index (χ3n) is 16.2. The van der Waals surface area contributed by atoms with Crippen molar-refractivity contribution in [2.45, 2.75) is 367 Å². The molecule has 0 amide bonds. The first-order valence-electron chi connectivity index (χ1n) is 35.7. The minimum absolute atomic E-state index is 0.0349. The second kappa shape index (κ2) is 63.7. The largest absolute Gasteiger partial charge is 0.472 e. The maximum absolute atomic E-state index is 12.9. The predicted octanol–water partition coefficient (Wildman–Crippen LogP) is 23.1. The van der Waals surface area contributed by atoms with Crippen molar-refractivity contribution in [2.24, 2.45) is 0 Å². The van der Waals surface area contributed by atoms with Gasteiger partial charge in [-0.3, -0.25) is 18.6 Å². The van der Waals surface area contributed by atoms with Gasteiger partial charge in [0.1, 0.15) is 19.8 Å². The molecule has 0 radical (unpaired) electrons. The lowest BCUT2D eigenvalue weighted by Gasteiger charge is -2.24. The number of esters is 2. The molecule has 2 atom stereocenters. The van der Waals surface area contributed by atoms with E-state index in [1.807, 2.05) is 21.1 Å². The first-order chi connectivity index (χ1) is 40.0. The lowest BCUT2D eigenvalue weighted by molar-refractivity contribution is -0.870. The Bertz CT molecular complexity index is 1480. The third kappa shape index (κ3) is 67.4. The minimum Gasteiger partial charge on any atom is -0.462 e. The molecule has 0 rings (SSSR count). The SMILES string of the molecule is CCCCCCC/C=C\C/C=C\C/C=C\CCCCCCCCCCCCCCCCCCCCC(=O)OC(COC(=O)CCCCCCCCCCCCCCCCCCCCCCCCCCC)COP(=O)(O)OCC[N+](C)(C)C. The summed E-state index contributed by atoms with van der Waals surface area (Å²) in [4.78, 5) is 35.9. The Hall–Kier alpha value is -1.77. The standard InChI is InChI=1S/C72H138NO8P/c1-6-8-10-12-14-16-18-20-22-24-26-28-30-32-33-34-35-36-37-38-39-41-43-45-47-49-51-53-55-57-59-61-63-65-72(75)81-70(69-80-82(76,77)79-67-66-73(3,4)5)68-78-71(74)64-62-60-58-56-54-52-50-48-46-44-42-40-31-29-27-25-23-21-19-17-15-13-11-9-7-2/h18,20,24,26,30,32,70H,6-17,19,21-23,25,27-29,31,33-69H2,1-5H3/p+1/b20-18-,26-24-,32-30-. The van der Waals surface area contributed by atoms with Gasteiger partial charge >= 0.3 is 19.8 Å². The fourth-order valence-corrected chi connectivity index (χ4v) is 11.4. The van der Waals surface area contributed by atoms with Crippen LogP contribution in [0.25, 0.3) is 0 Å². The number of carbonyl (C=O) groups is 2. The molecule has 0 fully saturated rings. The third-order valence-corrected chi connectivity index (χ3v) is 17.2. The van der Waals surface area contributed by atoms with Crippen LogP contribution in [-0.4, -0.2) is 74.9 Å². The number of unbranched alkanes of at least 4 members (excludes halogenated alkanes) is 47. The van der Waals surface area contributed by atoms with Crippen LogP contribution in [0.5, 0.6) is 0 Å². The molecular formula is C72H139NO8P+. The molecule has 0 aromatic rings. The van der Waals surface area contributed by atoms with Crippen LogP contribution in [-0.2, 0) is 32.7 Å². The minimum atomic E-state index is -4.39.